The molecule has 0 saturated carbocycles. The van der Waals surface area contributed by atoms with Gasteiger partial charge in [0, 0.05) is 25.7 Å². The highest BCUT2D eigenvalue weighted by molar-refractivity contribution is 7.89. The minimum atomic E-state index is -3.02. The van der Waals surface area contributed by atoms with Gasteiger partial charge in [-0.05, 0) is 12.8 Å². The quantitative estimate of drug-likeness (QED) is 0.726. The van der Waals surface area contributed by atoms with Crippen LogP contribution >= 0.6 is 0 Å². The molecule has 84 valence electrons. The predicted molar refractivity (Wildman–Crippen MR) is 57.7 cm³/mol. The Kier molecular flexibility index (Phi) is 3.92. The number of nitrogens with one attached hydrogen (secondary N) is 1. The van der Waals surface area contributed by atoms with Gasteiger partial charge in [-0.1, -0.05) is 13.8 Å². The first-order chi connectivity index (χ1) is 6.42. The van der Waals surface area contributed by atoms with Crippen LogP contribution in [0.4, 0.5) is 0 Å². The summed E-state index contributed by atoms with van der Waals surface area (Å²) in [5, 5.41) is 3.18. The van der Waals surface area contributed by atoms with Crippen LogP contribution in [0.5, 0.6) is 0 Å². The van der Waals surface area contributed by atoms with Gasteiger partial charge in [0.15, 0.2) is 0 Å². The Labute approximate surface area is 86.7 Å². The Balaban J connectivity index is 2.74. The van der Waals surface area contributed by atoms with Crippen LogP contribution in [0.15, 0.2) is 0 Å². The summed E-state index contributed by atoms with van der Waals surface area (Å²) in [6.45, 7) is 7.90. The van der Waals surface area contributed by atoms with Crippen molar-refractivity contribution in [1.82, 2.24) is 9.62 Å². The summed E-state index contributed by atoms with van der Waals surface area (Å²) < 4.78 is 25.2. The molecule has 4 nitrogen and oxygen atoms in total. The average Bonchev–Trinajstić information content (AvgIpc) is 2.11. The maximum atomic E-state index is 11.8. The van der Waals surface area contributed by atoms with E-state index in [1.54, 1.807) is 4.31 Å². The first kappa shape index (κ1) is 11.9. The summed E-state index contributed by atoms with van der Waals surface area (Å²) >= 11 is 0. The third-order valence-corrected chi connectivity index (χ3v) is 4.10. The van der Waals surface area contributed by atoms with E-state index in [0.29, 0.717) is 25.6 Å². The number of hydrogen-bond acceptors (Lipinski definition) is 3. The first-order valence-electron chi connectivity index (χ1n) is 5.13. The van der Waals surface area contributed by atoms with Crippen molar-refractivity contribution >= 4 is 10.0 Å². The van der Waals surface area contributed by atoms with Crippen LogP contribution in [0.3, 0.4) is 0 Å². The van der Waals surface area contributed by atoms with Gasteiger partial charge in [-0.3, -0.25) is 0 Å². The van der Waals surface area contributed by atoms with Crippen LogP contribution in [0.25, 0.3) is 0 Å². The molecule has 1 heterocycles. The number of hydrogen-bond donors (Lipinski definition) is 1. The van der Waals surface area contributed by atoms with Crippen molar-refractivity contribution in [3.63, 3.8) is 0 Å². The van der Waals surface area contributed by atoms with Crippen molar-refractivity contribution < 1.29 is 8.42 Å². The van der Waals surface area contributed by atoms with Crippen LogP contribution < -0.4 is 5.32 Å². The zero-order valence-electron chi connectivity index (χ0n) is 9.16. The maximum Gasteiger partial charge on any atom is 0.215 e. The zero-order valence-corrected chi connectivity index (χ0v) is 9.97. The molecule has 0 aromatic rings. The minimum Gasteiger partial charge on any atom is -0.312 e. The summed E-state index contributed by atoms with van der Waals surface area (Å²) in [5.74, 6) is 0.611. The van der Waals surface area contributed by atoms with Crippen LogP contribution in [0.2, 0.25) is 0 Å². The molecule has 1 atom stereocenters. The lowest BCUT2D eigenvalue weighted by Crippen LogP contribution is -2.39. The second-order valence-electron chi connectivity index (χ2n) is 4.38. The van der Waals surface area contributed by atoms with Gasteiger partial charge in [0.2, 0.25) is 10.0 Å². The van der Waals surface area contributed by atoms with Gasteiger partial charge in [-0.25, -0.2) is 12.7 Å². The summed E-state index contributed by atoms with van der Waals surface area (Å²) in [6, 6.07) is 0.256. The number of sulfonamides is 1. The lowest BCUT2D eigenvalue weighted by molar-refractivity contribution is 0.347. The van der Waals surface area contributed by atoms with E-state index in [2.05, 4.69) is 5.32 Å². The molecule has 1 unspecified atom stereocenters. The summed E-state index contributed by atoms with van der Waals surface area (Å²) in [5.41, 5.74) is 0. The van der Waals surface area contributed by atoms with E-state index in [9.17, 15) is 8.42 Å². The fourth-order valence-corrected chi connectivity index (χ4v) is 3.25. The molecule has 0 amide bonds. The lowest BCUT2D eigenvalue weighted by Gasteiger charge is -2.23. The standard InChI is InChI=1S/C9H20N2O2S/c1-8(2)6-11-7-9(3)10-4-5-14(11,12)13/h8-10H,4-7H2,1-3H3. The second kappa shape index (κ2) is 4.59. The van der Waals surface area contributed by atoms with Crippen LogP contribution in [-0.2, 0) is 10.0 Å². The molecule has 1 rings (SSSR count). The Morgan fingerprint density at radius 1 is 1.50 bits per heavy atom. The van der Waals surface area contributed by atoms with Gasteiger partial charge >= 0.3 is 0 Å². The van der Waals surface area contributed by atoms with E-state index in [-0.39, 0.29) is 11.8 Å². The monoisotopic (exact) mass is 220 g/mol. The number of nitrogens with zero attached hydrogens (tertiary/aromatic N) is 1. The largest absolute Gasteiger partial charge is 0.312 e. The lowest BCUT2D eigenvalue weighted by atomic mass is 10.2. The highest BCUT2D eigenvalue weighted by Crippen LogP contribution is 2.09. The zero-order chi connectivity index (χ0) is 10.8. The third-order valence-electron chi connectivity index (χ3n) is 2.29. The van der Waals surface area contributed by atoms with Gasteiger partial charge in [-0.2, -0.15) is 0 Å². The predicted octanol–water partition coefficient (Wildman–Crippen LogP) is 0.266. The molecule has 0 spiro atoms. The van der Waals surface area contributed by atoms with Gasteiger partial charge in [0.1, 0.15) is 0 Å². The van der Waals surface area contributed by atoms with Gasteiger partial charge in [0.05, 0.1) is 5.75 Å². The van der Waals surface area contributed by atoms with Crippen molar-refractivity contribution in [3.05, 3.63) is 0 Å². The molecule has 0 bridgehead atoms. The van der Waals surface area contributed by atoms with E-state index in [1.165, 1.54) is 0 Å². The molecule has 1 aliphatic heterocycles. The fraction of sp³-hybridized carbons (Fsp3) is 1.00. The molecule has 0 aliphatic carbocycles. The molecule has 1 aliphatic rings. The summed E-state index contributed by atoms with van der Waals surface area (Å²) in [7, 11) is -3.02. The van der Waals surface area contributed by atoms with E-state index >= 15 is 0 Å². The van der Waals surface area contributed by atoms with E-state index in [1.807, 2.05) is 20.8 Å². The molecule has 1 N–H and O–H groups in total. The Bertz CT molecular complexity index is 275. The maximum absolute atomic E-state index is 11.8. The molecule has 1 saturated heterocycles. The third kappa shape index (κ3) is 3.22. The van der Waals surface area contributed by atoms with Crippen molar-refractivity contribution in [2.75, 3.05) is 25.4 Å². The van der Waals surface area contributed by atoms with Crippen molar-refractivity contribution in [3.8, 4) is 0 Å². The molecular formula is C9H20N2O2S. The highest BCUT2D eigenvalue weighted by Gasteiger charge is 2.27. The molecule has 5 heteroatoms. The highest BCUT2D eigenvalue weighted by atomic mass is 32.2. The molecule has 1 fully saturated rings. The molecule has 0 radical (unpaired) electrons. The van der Waals surface area contributed by atoms with Gasteiger partial charge in [0.25, 0.3) is 0 Å². The normalized spacial score (nSPS) is 29.0. The van der Waals surface area contributed by atoms with Crippen molar-refractivity contribution in [1.29, 1.82) is 0 Å². The van der Waals surface area contributed by atoms with Crippen molar-refractivity contribution in [2.45, 2.75) is 26.8 Å². The first-order valence-corrected chi connectivity index (χ1v) is 6.74. The van der Waals surface area contributed by atoms with E-state index < -0.39 is 10.0 Å². The number of rotatable bonds is 2. The average molecular weight is 220 g/mol. The van der Waals surface area contributed by atoms with Crippen LogP contribution in [0, 0.1) is 5.92 Å². The minimum absolute atomic E-state index is 0.226. The second-order valence-corrected chi connectivity index (χ2v) is 6.47. The Morgan fingerprint density at radius 3 is 2.71 bits per heavy atom. The molecular weight excluding hydrogens is 200 g/mol. The Hall–Kier alpha value is -0.130. The van der Waals surface area contributed by atoms with E-state index in [4.69, 9.17) is 0 Å². The summed E-state index contributed by atoms with van der Waals surface area (Å²) in [4.78, 5) is 0. The van der Waals surface area contributed by atoms with Crippen molar-refractivity contribution in [2.24, 2.45) is 5.92 Å². The molecule has 0 aromatic heterocycles. The smallest absolute Gasteiger partial charge is 0.215 e. The molecule has 0 aromatic carbocycles. The SMILES string of the molecule is CC(C)CN1CC(C)NCCS1(=O)=O. The Morgan fingerprint density at radius 2 is 2.14 bits per heavy atom. The fourth-order valence-electron chi connectivity index (χ4n) is 1.64. The van der Waals surface area contributed by atoms with Crippen LogP contribution in [-0.4, -0.2) is 44.2 Å². The van der Waals surface area contributed by atoms with Gasteiger partial charge in [-0.15, -0.1) is 0 Å². The van der Waals surface area contributed by atoms with Crippen LogP contribution in [0.1, 0.15) is 20.8 Å². The summed E-state index contributed by atoms with van der Waals surface area (Å²) in [6.07, 6.45) is 0. The van der Waals surface area contributed by atoms with E-state index in [0.717, 1.165) is 0 Å². The topological polar surface area (TPSA) is 49.4 Å². The van der Waals surface area contributed by atoms with Gasteiger partial charge < -0.3 is 5.32 Å². The molecule has 14 heavy (non-hydrogen) atoms.